The lowest BCUT2D eigenvalue weighted by Crippen LogP contribution is -2.37. The van der Waals surface area contributed by atoms with Gasteiger partial charge in [0.15, 0.2) is 5.82 Å². The number of nitrogens with zero attached hydrogens (tertiary/aromatic N) is 4. The molecule has 6 nitrogen and oxygen atoms in total. The van der Waals surface area contributed by atoms with E-state index in [0.717, 1.165) is 53.9 Å². The summed E-state index contributed by atoms with van der Waals surface area (Å²) < 4.78 is 0. The van der Waals surface area contributed by atoms with E-state index in [0.29, 0.717) is 0 Å². The number of amides is 1. The van der Waals surface area contributed by atoms with Crippen molar-refractivity contribution in [2.24, 2.45) is 0 Å². The number of hydrogen-bond acceptors (Lipinski definition) is 6. The highest BCUT2D eigenvalue weighted by Gasteiger charge is 2.26. The van der Waals surface area contributed by atoms with Gasteiger partial charge in [-0.1, -0.05) is 0 Å². The molecule has 0 aliphatic carbocycles. The molecule has 1 amide bonds. The first-order valence-corrected chi connectivity index (χ1v) is 9.70. The number of carbonyl (C=O) groups excluding carboxylic acids is 1. The van der Waals surface area contributed by atoms with Gasteiger partial charge in [0.05, 0.1) is 16.8 Å². The van der Waals surface area contributed by atoms with Gasteiger partial charge >= 0.3 is 0 Å². The van der Waals surface area contributed by atoms with Gasteiger partial charge in [0.1, 0.15) is 0 Å². The van der Waals surface area contributed by atoms with Crippen LogP contribution in [0, 0.1) is 6.92 Å². The molecular formula is C18H23N5OS. The molecule has 1 N–H and O–H groups in total. The Bertz CT molecular complexity index is 755. The van der Waals surface area contributed by atoms with Gasteiger partial charge in [0.25, 0.3) is 5.91 Å². The van der Waals surface area contributed by atoms with Gasteiger partial charge in [-0.2, -0.15) is 5.10 Å². The van der Waals surface area contributed by atoms with E-state index in [1.54, 1.807) is 0 Å². The minimum atomic E-state index is 0.0295. The standard InChI is InChI=1S/C18H23N5OS/c1-13-4-5-16(25-13)18(24)20-14-6-9-23(12-14)17-10-15(11-19-21-17)22-7-2-3-8-22/h4-5,10-11,14H,2-3,6-9,12H2,1H3,(H,20,24). The Hall–Kier alpha value is -2.15. The van der Waals surface area contributed by atoms with E-state index in [2.05, 4.69) is 31.4 Å². The van der Waals surface area contributed by atoms with E-state index in [9.17, 15) is 4.79 Å². The van der Waals surface area contributed by atoms with Crippen LogP contribution < -0.4 is 15.1 Å². The molecule has 0 bridgehead atoms. The second kappa shape index (κ2) is 7.00. The van der Waals surface area contributed by atoms with Crippen LogP contribution >= 0.6 is 11.3 Å². The van der Waals surface area contributed by atoms with Gasteiger partial charge < -0.3 is 15.1 Å². The summed E-state index contributed by atoms with van der Waals surface area (Å²) in [6, 6.07) is 6.17. The van der Waals surface area contributed by atoms with E-state index in [1.165, 1.54) is 24.2 Å². The van der Waals surface area contributed by atoms with Crippen LogP contribution in [0.1, 0.15) is 33.8 Å². The van der Waals surface area contributed by atoms with Crippen LogP contribution in [0.4, 0.5) is 11.5 Å². The number of carbonyl (C=O) groups is 1. The molecule has 0 aromatic carbocycles. The summed E-state index contributed by atoms with van der Waals surface area (Å²) in [6.07, 6.45) is 5.28. The van der Waals surface area contributed by atoms with E-state index < -0.39 is 0 Å². The molecule has 4 rings (SSSR count). The molecule has 2 aliphatic rings. The summed E-state index contributed by atoms with van der Waals surface area (Å²) in [5.74, 6) is 0.940. The summed E-state index contributed by atoms with van der Waals surface area (Å²) in [5.41, 5.74) is 1.16. The van der Waals surface area contributed by atoms with Gasteiger partial charge in [-0.3, -0.25) is 4.79 Å². The molecule has 7 heteroatoms. The largest absolute Gasteiger partial charge is 0.370 e. The molecule has 1 unspecified atom stereocenters. The molecule has 2 aliphatic heterocycles. The van der Waals surface area contributed by atoms with Crippen LogP contribution in [-0.2, 0) is 0 Å². The van der Waals surface area contributed by atoms with Gasteiger partial charge in [0.2, 0.25) is 0 Å². The summed E-state index contributed by atoms with van der Waals surface area (Å²) in [4.78, 5) is 18.9. The van der Waals surface area contributed by atoms with Crippen LogP contribution in [-0.4, -0.2) is 48.3 Å². The maximum absolute atomic E-state index is 12.3. The number of aromatic nitrogens is 2. The molecule has 0 saturated carbocycles. The Balaban J connectivity index is 1.39. The van der Waals surface area contributed by atoms with Crippen LogP contribution in [0.25, 0.3) is 0 Å². The Morgan fingerprint density at radius 3 is 2.84 bits per heavy atom. The maximum Gasteiger partial charge on any atom is 0.261 e. The average molecular weight is 357 g/mol. The van der Waals surface area contributed by atoms with Gasteiger partial charge in [-0.05, 0) is 38.3 Å². The summed E-state index contributed by atoms with van der Waals surface area (Å²) in [5, 5.41) is 11.6. The van der Waals surface area contributed by atoms with Crippen molar-refractivity contribution < 1.29 is 4.79 Å². The molecule has 2 aromatic rings. The van der Waals surface area contributed by atoms with Gasteiger partial charge in [0, 0.05) is 43.2 Å². The Morgan fingerprint density at radius 1 is 1.24 bits per heavy atom. The molecule has 4 heterocycles. The number of hydrogen-bond donors (Lipinski definition) is 1. The fourth-order valence-electron chi connectivity index (χ4n) is 3.55. The minimum Gasteiger partial charge on any atom is -0.370 e. The van der Waals surface area contributed by atoms with E-state index in [-0.39, 0.29) is 11.9 Å². The monoisotopic (exact) mass is 357 g/mol. The zero-order chi connectivity index (χ0) is 17.2. The first kappa shape index (κ1) is 16.3. The third-order valence-corrected chi connectivity index (χ3v) is 5.91. The van der Waals surface area contributed by atoms with Gasteiger partial charge in [-0.15, -0.1) is 16.4 Å². The lowest BCUT2D eigenvalue weighted by atomic mass is 10.2. The van der Waals surface area contributed by atoms with Crippen molar-refractivity contribution in [1.29, 1.82) is 0 Å². The smallest absolute Gasteiger partial charge is 0.261 e. The minimum absolute atomic E-state index is 0.0295. The van der Waals surface area contributed by atoms with Crippen molar-refractivity contribution >= 4 is 28.7 Å². The molecule has 2 aromatic heterocycles. The van der Waals surface area contributed by atoms with E-state index >= 15 is 0 Å². The van der Waals surface area contributed by atoms with Crippen LogP contribution in [0.2, 0.25) is 0 Å². The highest BCUT2D eigenvalue weighted by atomic mass is 32.1. The predicted octanol–water partition coefficient (Wildman–Crippen LogP) is 2.46. The molecule has 2 saturated heterocycles. The number of thiophene rings is 1. The second-order valence-corrected chi connectivity index (χ2v) is 8.07. The Kier molecular flexibility index (Phi) is 4.57. The highest BCUT2D eigenvalue weighted by molar-refractivity contribution is 7.13. The van der Waals surface area contributed by atoms with Crippen molar-refractivity contribution in [2.45, 2.75) is 32.2 Å². The van der Waals surface area contributed by atoms with Crippen LogP contribution in [0.15, 0.2) is 24.4 Å². The molecule has 25 heavy (non-hydrogen) atoms. The summed E-state index contributed by atoms with van der Waals surface area (Å²) >= 11 is 1.54. The van der Waals surface area contributed by atoms with Crippen molar-refractivity contribution in [2.75, 3.05) is 36.0 Å². The predicted molar refractivity (Wildman–Crippen MR) is 101 cm³/mol. The molecular weight excluding hydrogens is 334 g/mol. The molecule has 0 spiro atoms. The lowest BCUT2D eigenvalue weighted by Gasteiger charge is -2.21. The number of aryl methyl sites for hydroxylation is 1. The third kappa shape index (κ3) is 3.61. The molecule has 1 atom stereocenters. The third-order valence-electron chi connectivity index (χ3n) is 4.91. The average Bonchev–Trinajstić information content (AvgIpc) is 3.36. The lowest BCUT2D eigenvalue weighted by molar-refractivity contribution is 0.0944. The molecule has 0 radical (unpaired) electrons. The SMILES string of the molecule is Cc1ccc(C(=O)NC2CCN(c3cc(N4CCCC4)cnn3)C2)s1. The highest BCUT2D eigenvalue weighted by Crippen LogP contribution is 2.25. The Morgan fingerprint density at radius 2 is 2.08 bits per heavy atom. The van der Waals surface area contributed by atoms with Crippen molar-refractivity contribution in [3.05, 3.63) is 34.2 Å². The number of nitrogens with one attached hydrogen (secondary N) is 1. The van der Waals surface area contributed by atoms with E-state index in [1.807, 2.05) is 25.3 Å². The topological polar surface area (TPSA) is 61.4 Å². The van der Waals surface area contributed by atoms with Crippen molar-refractivity contribution in [3.8, 4) is 0 Å². The first-order chi connectivity index (χ1) is 12.2. The summed E-state index contributed by atoms with van der Waals surface area (Å²) in [6.45, 7) is 5.90. The normalized spacial score (nSPS) is 20.3. The van der Waals surface area contributed by atoms with E-state index in [4.69, 9.17) is 0 Å². The fraction of sp³-hybridized carbons (Fsp3) is 0.500. The number of anilines is 2. The first-order valence-electron chi connectivity index (χ1n) is 8.89. The van der Waals surface area contributed by atoms with Crippen LogP contribution in [0.5, 0.6) is 0 Å². The summed E-state index contributed by atoms with van der Waals surface area (Å²) in [7, 11) is 0. The Labute approximate surface area is 151 Å². The zero-order valence-electron chi connectivity index (χ0n) is 14.4. The fourth-order valence-corrected chi connectivity index (χ4v) is 4.32. The zero-order valence-corrected chi connectivity index (χ0v) is 15.3. The van der Waals surface area contributed by atoms with Crippen molar-refractivity contribution in [1.82, 2.24) is 15.5 Å². The van der Waals surface area contributed by atoms with Gasteiger partial charge in [-0.25, -0.2) is 0 Å². The van der Waals surface area contributed by atoms with Crippen molar-refractivity contribution in [3.63, 3.8) is 0 Å². The molecule has 132 valence electrons. The maximum atomic E-state index is 12.3. The molecule has 2 fully saturated rings. The number of rotatable bonds is 4. The van der Waals surface area contributed by atoms with Crippen LogP contribution in [0.3, 0.4) is 0 Å². The quantitative estimate of drug-likeness (QED) is 0.911. The second-order valence-electron chi connectivity index (χ2n) is 6.78.